The van der Waals surface area contributed by atoms with Crippen molar-refractivity contribution in [3.8, 4) is 0 Å². The van der Waals surface area contributed by atoms with Crippen LogP contribution in [-0.2, 0) is 16.6 Å². The molecule has 1 amide bonds. The first-order valence-corrected chi connectivity index (χ1v) is 8.18. The van der Waals surface area contributed by atoms with Crippen LogP contribution in [0.5, 0.6) is 0 Å². The van der Waals surface area contributed by atoms with Crippen LogP contribution in [0.15, 0.2) is 35.7 Å². The van der Waals surface area contributed by atoms with Crippen LogP contribution in [0.25, 0.3) is 0 Å². The van der Waals surface area contributed by atoms with Gasteiger partial charge in [-0.05, 0) is 5.56 Å². The minimum atomic E-state index is -0.380. The van der Waals surface area contributed by atoms with Gasteiger partial charge < -0.3 is 10.4 Å². The molecular formula is C17H22N2O2S. The Morgan fingerprint density at radius 2 is 2.00 bits per heavy atom. The fourth-order valence-electron chi connectivity index (χ4n) is 2.06. The maximum absolute atomic E-state index is 12.2. The number of nitrogens with one attached hydrogen (secondary N) is 1. The first-order valence-electron chi connectivity index (χ1n) is 7.30. The van der Waals surface area contributed by atoms with E-state index in [1.807, 2.05) is 35.7 Å². The average molecular weight is 318 g/mol. The predicted octanol–water partition coefficient (Wildman–Crippen LogP) is 2.83. The van der Waals surface area contributed by atoms with Crippen LogP contribution in [-0.4, -0.2) is 22.6 Å². The quantitative estimate of drug-likeness (QED) is 0.891. The van der Waals surface area contributed by atoms with E-state index >= 15 is 0 Å². The molecule has 0 fully saturated rings. The number of rotatable bonds is 5. The average Bonchev–Trinajstić information content (AvgIpc) is 2.94. The zero-order valence-electron chi connectivity index (χ0n) is 13.2. The van der Waals surface area contributed by atoms with Gasteiger partial charge in [-0.1, -0.05) is 51.1 Å². The van der Waals surface area contributed by atoms with Crippen LogP contribution in [0.2, 0.25) is 0 Å². The number of carbonyl (C=O) groups excluding carboxylic acids is 1. The Kier molecular flexibility index (Phi) is 5.32. The molecule has 1 heterocycles. The Labute approximate surface area is 135 Å². The lowest BCUT2D eigenvalue weighted by Gasteiger charge is -2.16. The standard InChI is InChI=1S/C17H22N2O2S/c1-17(2,3)16-18-13(11-22-16)9-15(21)19-14(10-20)12-7-5-4-6-8-12/h4-8,11,14,20H,9-10H2,1-3H3,(H,19,21). The minimum Gasteiger partial charge on any atom is -0.394 e. The van der Waals surface area contributed by atoms with Crippen molar-refractivity contribution in [2.45, 2.75) is 38.6 Å². The number of aliphatic hydroxyl groups is 1. The highest BCUT2D eigenvalue weighted by atomic mass is 32.1. The van der Waals surface area contributed by atoms with E-state index in [-0.39, 0.29) is 30.4 Å². The van der Waals surface area contributed by atoms with Crippen molar-refractivity contribution in [3.63, 3.8) is 0 Å². The number of aliphatic hydroxyl groups excluding tert-OH is 1. The van der Waals surface area contributed by atoms with E-state index in [0.29, 0.717) is 0 Å². The van der Waals surface area contributed by atoms with Crippen molar-refractivity contribution >= 4 is 17.2 Å². The fraction of sp³-hybridized carbons (Fsp3) is 0.412. The van der Waals surface area contributed by atoms with Gasteiger partial charge in [0.05, 0.1) is 29.8 Å². The number of benzene rings is 1. The molecule has 2 N–H and O–H groups in total. The summed E-state index contributed by atoms with van der Waals surface area (Å²) in [6, 6.07) is 9.08. The maximum atomic E-state index is 12.2. The van der Waals surface area contributed by atoms with Gasteiger partial charge in [0.15, 0.2) is 0 Å². The third-order valence-electron chi connectivity index (χ3n) is 3.25. The van der Waals surface area contributed by atoms with Gasteiger partial charge in [-0.15, -0.1) is 11.3 Å². The molecule has 0 spiro atoms. The molecule has 1 unspecified atom stereocenters. The van der Waals surface area contributed by atoms with E-state index in [2.05, 4.69) is 31.1 Å². The largest absolute Gasteiger partial charge is 0.394 e. The summed E-state index contributed by atoms with van der Waals surface area (Å²) in [5, 5.41) is 15.3. The predicted molar refractivity (Wildman–Crippen MR) is 88.9 cm³/mol. The third kappa shape index (κ3) is 4.39. The molecule has 0 aliphatic heterocycles. The first kappa shape index (κ1) is 16.6. The molecule has 0 radical (unpaired) electrons. The lowest BCUT2D eigenvalue weighted by molar-refractivity contribution is -0.121. The highest BCUT2D eigenvalue weighted by molar-refractivity contribution is 7.09. The van der Waals surface area contributed by atoms with Crippen molar-refractivity contribution < 1.29 is 9.90 Å². The molecule has 2 rings (SSSR count). The highest BCUT2D eigenvalue weighted by Crippen LogP contribution is 2.25. The molecule has 118 valence electrons. The van der Waals surface area contributed by atoms with Crippen LogP contribution in [0.1, 0.15) is 43.1 Å². The van der Waals surface area contributed by atoms with E-state index in [0.717, 1.165) is 16.3 Å². The molecule has 0 saturated heterocycles. The number of hydrogen-bond acceptors (Lipinski definition) is 4. The monoisotopic (exact) mass is 318 g/mol. The molecule has 22 heavy (non-hydrogen) atoms. The van der Waals surface area contributed by atoms with Crippen LogP contribution in [0.4, 0.5) is 0 Å². The molecule has 5 heteroatoms. The summed E-state index contributed by atoms with van der Waals surface area (Å²) in [7, 11) is 0. The van der Waals surface area contributed by atoms with E-state index < -0.39 is 0 Å². The Balaban J connectivity index is 1.99. The van der Waals surface area contributed by atoms with Crippen LogP contribution < -0.4 is 5.32 Å². The topological polar surface area (TPSA) is 62.2 Å². The van der Waals surface area contributed by atoms with E-state index in [4.69, 9.17) is 0 Å². The second-order valence-electron chi connectivity index (χ2n) is 6.28. The van der Waals surface area contributed by atoms with Gasteiger partial charge in [0.25, 0.3) is 0 Å². The molecule has 1 atom stereocenters. The molecule has 0 saturated carbocycles. The van der Waals surface area contributed by atoms with Crippen molar-refractivity contribution in [1.29, 1.82) is 0 Å². The molecule has 1 aromatic carbocycles. The molecule has 1 aromatic heterocycles. The van der Waals surface area contributed by atoms with Crippen molar-refractivity contribution in [3.05, 3.63) is 52.0 Å². The van der Waals surface area contributed by atoms with Gasteiger partial charge in [-0.25, -0.2) is 4.98 Å². The zero-order chi connectivity index (χ0) is 16.2. The van der Waals surface area contributed by atoms with Crippen molar-refractivity contribution in [1.82, 2.24) is 10.3 Å². The molecule has 0 bridgehead atoms. The van der Waals surface area contributed by atoms with Gasteiger partial charge in [-0.2, -0.15) is 0 Å². The number of hydrogen-bond donors (Lipinski definition) is 2. The minimum absolute atomic E-state index is 0.00291. The molecular weight excluding hydrogens is 296 g/mol. The fourth-order valence-corrected chi connectivity index (χ4v) is 2.97. The molecule has 2 aromatic rings. The van der Waals surface area contributed by atoms with Crippen LogP contribution in [0, 0.1) is 0 Å². The maximum Gasteiger partial charge on any atom is 0.226 e. The summed E-state index contributed by atoms with van der Waals surface area (Å²) in [5.41, 5.74) is 1.67. The smallest absolute Gasteiger partial charge is 0.226 e. The number of nitrogens with zero attached hydrogens (tertiary/aromatic N) is 1. The Hall–Kier alpha value is -1.72. The van der Waals surface area contributed by atoms with Crippen molar-refractivity contribution in [2.24, 2.45) is 0 Å². The van der Waals surface area contributed by atoms with Gasteiger partial charge in [0.2, 0.25) is 5.91 Å². The summed E-state index contributed by atoms with van der Waals surface area (Å²) < 4.78 is 0. The van der Waals surface area contributed by atoms with Crippen LogP contribution in [0.3, 0.4) is 0 Å². The number of thiazole rings is 1. The number of aromatic nitrogens is 1. The highest BCUT2D eigenvalue weighted by Gasteiger charge is 2.19. The second kappa shape index (κ2) is 7.03. The Morgan fingerprint density at radius 3 is 2.55 bits per heavy atom. The van der Waals surface area contributed by atoms with Gasteiger partial charge in [0, 0.05) is 10.8 Å². The van der Waals surface area contributed by atoms with E-state index in [1.54, 1.807) is 11.3 Å². The lowest BCUT2D eigenvalue weighted by atomic mass is 9.98. The zero-order valence-corrected chi connectivity index (χ0v) is 14.0. The molecule has 0 aliphatic carbocycles. The van der Waals surface area contributed by atoms with E-state index in [9.17, 15) is 9.90 Å². The molecule has 0 aliphatic rings. The lowest BCUT2D eigenvalue weighted by Crippen LogP contribution is -2.32. The summed E-state index contributed by atoms with van der Waals surface area (Å²) >= 11 is 1.58. The number of amides is 1. The normalized spacial score (nSPS) is 12.9. The second-order valence-corrected chi connectivity index (χ2v) is 7.14. The van der Waals surface area contributed by atoms with Gasteiger partial charge >= 0.3 is 0 Å². The molecule has 4 nitrogen and oxygen atoms in total. The summed E-state index contributed by atoms with van der Waals surface area (Å²) in [6.07, 6.45) is 0.232. The van der Waals surface area contributed by atoms with E-state index in [1.165, 1.54) is 0 Å². The van der Waals surface area contributed by atoms with Crippen LogP contribution >= 0.6 is 11.3 Å². The van der Waals surface area contributed by atoms with Gasteiger partial charge in [-0.3, -0.25) is 4.79 Å². The summed E-state index contributed by atoms with van der Waals surface area (Å²) in [4.78, 5) is 16.7. The SMILES string of the molecule is CC(C)(C)c1nc(CC(=O)NC(CO)c2ccccc2)cs1. The third-order valence-corrected chi connectivity index (χ3v) is 4.57. The Morgan fingerprint density at radius 1 is 1.32 bits per heavy atom. The van der Waals surface area contributed by atoms with Gasteiger partial charge in [0.1, 0.15) is 0 Å². The van der Waals surface area contributed by atoms with Crippen molar-refractivity contribution in [2.75, 3.05) is 6.61 Å². The first-order chi connectivity index (χ1) is 10.4. The summed E-state index contributed by atoms with van der Waals surface area (Å²) in [5.74, 6) is -0.131. The Bertz CT molecular complexity index is 617. The summed E-state index contributed by atoms with van der Waals surface area (Å²) in [6.45, 7) is 6.19. The number of carbonyl (C=O) groups is 1.